The summed E-state index contributed by atoms with van der Waals surface area (Å²) >= 11 is 6.27. The fourth-order valence-electron chi connectivity index (χ4n) is 8.19. The highest BCUT2D eigenvalue weighted by molar-refractivity contribution is 6.31. The third-order valence-corrected chi connectivity index (χ3v) is 10.0. The van der Waals surface area contributed by atoms with Crippen LogP contribution in [0, 0.1) is 23.7 Å². The van der Waals surface area contributed by atoms with Gasteiger partial charge in [-0.1, -0.05) is 17.7 Å². The molecule has 216 valence electrons. The second kappa shape index (κ2) is 10.1. The number of ether oxygens (including phenoxy) is 2. The van der Waals surface area contributed by atoms with Gasteiger partial charge in [-0.05, 0) is 98.2 Å². The maximum atomic E-state index is 14.1. The van der Waals surface area contributed by atoms with Crippen LogP contribution in [0.2, 0.25) is 5.02 Å². The molecule has 2 N–H and O–H groups in total. The number of carboxylic acid groups (broad SMARTS) is 1. The van der Waals surface area contributed by atoms with Crippen LogP contribution >= 0.6 is 11.6 Å². The number of methoxy groups -OCH3 is 2. The van der Waals surface area contributed by atoms with Crippen molar-refractivity contribution in [3.63, 3.8) is 0 Å². The Morgan fingerprint density at radius 2 is 1.64 bits per heavy atom. The Labute approximate surface area is 248 Å². The number of hydrogen-bond acceptors (Lipinski definition) is 5. The van der Waals surface area contributed by atoms with Crippen molar-refractivity contribution in [3.8, 4) is 28.4 Å². The molecule has 4 fully saturated rings. The van der Waals surface area contributed by atoms with Crippen LogP contribution in [-0.2, 0) is 4.79 Å². The summed E-state index contributed by atoms with van der Waals surface area (Å²) in [6, 6.07) is 14.7. The average Bonchev–Trinajstić information content (AvgIpc) is 3.42. The molecule has 4 aliphatic carbocycles. The molecule has 0 unspecified atom stereocenters. The SMILES string of the molecule is COc1cccc(OC)c1-c1cc(C(=O)NC2(C(=O)O)C3CC4CC(C3)CC2C4)cn1-c1ccnc2cc(Cl)ccc12. The van der Waals surface area contributed by atoms with Gasteiger partial charge < -0.3 is 24.5 Å². The summed E-state index contributed by atoms with van der Waals surface area (Å²) in [6.07, 6.45) is 8.07. The Morgan fingerprint density at radius 3 is 2.26 bits per heavy atom. The lowest BCUT2D eigenvalue weighted by molar-refractivity contribution is -0.163. The number of carbonyl (C=O) groups excluding carboxylic acids is 1. The van der Waals surface area contributed by atoms with Crippen LogP contribution < -0.4 is 14.8 Å². The van der Waals surface area contributed by atoms with E-state index in [2.05, 4.69) is 10.3 Å². The van der Waals surface area contributed by atoms with Gasteiger partial charge in [-0.25, -0.2) is 4.79 Å². The number of rotatable bonds is 7. The Bertz CT molecular complexity index is 1680. The molecule has 8 rings (SSSR count). The zero-order valence-electron chi connectivity index (χ0n) is 23.5. The molecule has 0 atom stereocenters. The number of nitrogens with zero attached hydrogens (tertiary/aromatic N) is 2. The number of aliphatic carboxylic acids is 1. The molecule has 4 aliphatic rings. The number of nitrogens with one attached hydrogen (secondary N) is 1. The van der Waals surface area contributed by atoms with Crippen molar-refractivity contribution in [1.29, 1.82) is 0 Å². The number of hydrogen-bond donors (Lipinski definition) is 2. The molecule has 2 heterocycles. The van der Waals surface area contributed by atoms with E-state index in [1.807, 2.05) is 34.9 Å². The van der Waals surface area contributed by atoms with Gasteiger partial charge in [0.25, 0.3) is 5.91 Å². The lowest BCUT2D eigenvalue weighted by atomic mass is 9.48. The van der Waals surface area contributed by atoms with Crippen LogP contribution in [-0.4, -0.2) is 46.3 Å². The summed E-state index contributed by atoms with van der Waals surface area (Å²) in [6.45, 7) is 0. The van der Waals surface area contributed by atoms with E-state index in [9.17, 15) is 14.7 Å². The highest BCUT2D eigenvalue weighted by Crippen LogP contribution is 2.58. The fraction of sp³-hybridized carbons (Fsp3) is 0.364. The number of aromatic nitrogens is 2. The van der Waals surface area contributed by atoms with Crippen molar-refractivity contribution < 1.29 is 24.2 Å². The minimum atomic E-state index is -1.25. The Balaban J connectivity index is 1.38. The van der Waals surface area contributed by atoms with E-state index in [1.165, 1.54) is 6.42 Å². The smallest absolute Gasteiger partial charge is 0.330 e. The molecule has 42 heavy (non-hydrogen) atoms. The van der Waals surface area contributed by atoms with Crippen LogP contribution in [0.25, 0.3) is 27.8 Å². The molecule has 0 saturated heterocycles. The Hall–Kier alpha value is -4.04. The van der Waals surface area contributed by atoms with Crippen LogP contribution in [0.1, 0.15) is 42.5 Å². The molecule has 0 aliphatic heterocycles. The lowest BCUT2D eigenvalue weighted by Gasteiger charge is -2.59. The van der Waals surface area contributed by atoms with Crippen molar-refractivity contribution >= 4 is 34.4 Å². The van der Waals surface area contributed by atoms with Crippen LogP contribution in [0.5, 0.6) is 11.5 Å². The largest absolute Gasteiger partial charge is 0.496 e. The number of pyridine rings is 1. The normalized spacial score (nSPS) is 25.9. The zero-order chi connectivity index (χ0) is 29.2. The maximum Gasteiger partial charge on any atom is 0.330 e. The second-order valence-electron chi connectivity index (χ2n) is 11.9. The Kier molecular flexibility index (Phi) is 6.42. The molecule has 0 radical (unpaired) electrons. The molecule has 8 nitrogen and oxygen atoms in total. The van der Waals surface area contributed by atoms with Gasteiger partial charge in [-0.15, -0.1) is 0 Å². The fourth-order valence-corrected chi connectivity index (χ4v) is 8.36. The third-order valence-electron chi connectivity index (χ3n) is 9.81. The molecule has 2 aromatic heterocycles. The van der Waals surface area contributed by atoms with Crippen molar-refractivity contribution in [2.75, 3.05) is 14.2 Å². The molecular weight excluding hydrogens is 554 g/mol. The van der Waals surface area contributed by atoms with Crippen LogP contribution in [0.15, 0.2) is 60.9 Å². The van der Waals surface area contributed by atoms with E-state index in [1.54, 1.807) is 44.8 Å². The number of carboxylic acids is 1. The van der Waals surface area contributed by atoms with Crippen molar-refractivity contribution in [2.45, 2.75) is 37.6 Å². The number of carbonyl (C=O) groups is 2. The molecule has 2 aromatic carbocycles. The summed E-state index contributed by atoms with van der Waals surface area (Å²) in [5.74, 6) is 0.843. The number of fused-ring (bicyclic) bond motifs is 1. The van der Waals surface area contributed by atoms with Gasteiger partial charge in [0.05, 0.1) is 42.2 Å². The quantitative estimate of drug-likeness (QED) is 0.261. The summed E-state index contributed by atoms with van der Waals surface area (Å²) in [7, 11) is 3.18. The monoisotopic (exact) mass is 585 g/mol. The molecule has 1 amide bonds. The topological polar surface area (TPSA) is 103 Å². The van der Waals surface area contributed by atoms with Gasteiger partial charge in [-0.2, -0.15) is 0 Å². The minimum Gasteiger partial charge on any atom is -0.496 e. The molecule has 4 saturated carbocycles. The minimum absolute atomic E-state index is 0.0556. The van der Waals surface area contributed by atoms with E-state index in [0.29, 0.717) is 50.7 Å². The number of benzene rings is 2. The van der Waals surface area contributed by atoms with E-state index >= 15 is 0 Å². The van der Waals surface area contributed by atoms with Gasteiger partial charge in [0.2, 0.25) is 0 Å². The highest BCUT2D eigenvalue weighted by atomic mass is 35.5. The first-order valence-corrected chi connectivity index (χ1v) is 14.7. The van der Waals surface area contributed by atoms with Crippen molar-refractivity contribution in [3.05, 3.63) is 71.5 Å². The highest BCUT2D eigenvalue weighted by Gasteiger charge is 2.62. The predicted octanol–water partition coefficient (Wildman–Crippen LogP) is 6.37. The maximum absolute atomic E-state index is 14.1. The zero-order valence-corrected chi connectivity index (χ0v) is 24.2. The van der Waals surface area contributed by atoms with Crippen LogP contribution in [0.3, 0.4) is 0 Å². The first-order chi connectivity index (χ1) is 20.3. The lowest BCUT2D eigenvalue weighted by Crippen LogP contribution is -2.70. The van der Waals surface area contributed by atoms with Crippen LogP contribution in [0.4, 0.5) is 0 Å². The average molecular weight is 586 g/mol. The summed E-state index contributed by atoms with van der Waals surface area (Å²) in [5.41, 5.74) is 1.91. The number of halogens is 1. The summed E-state index contributed by atoms with van der Waals surface area (Å²) in [4.78, 5) is 31.6. The summed E-state index contributed by atoms with van der Waals surface area (Å²) < 4.78 is 13.4. The molecule has 4 aromatic rings. The standard InChI is InChI=1S/C33H32ClN3O5/c1-41-28-4-3-5-29(42-2)30(28)27-15-20(17-37(27)26-8-9-35-25-16-23(34)6-7-24(25)26)31(38)36-33(32(39)40)21-11-18-10-19(13-21)14-22(33)12-18/h3-9,15-19,21-22H,10-14H2,1-2H3,(H,36,38)(H,39,40). The molecule has 0 spiro atoms. The number of amides is 1. The van der Waals surface area contributed by atoms with Crippen molar-refractivity contribution in [1.82, 2.24) is 14.9 Å². The predicted molar refractivity (Wildman–Crippen MR) is 159 cm³/mol. The molecule has 9 heteroatoms. The van der Waals surface area contributed by atoms with E-state index < -0.39 is 17.4 Å². The van der Waals surface area contributed by atoms with Gasteiger partial charge in [0, 0.05) is 22.8 Å². The molecular formula is C33H32ClN3O5. The molecule has 4 bridgehead atoms. The van der Waals surface area contributed by atoms with E-state index in [4.69, 9.17) is 21.1 Å². The third kappa shape index (κ3) is 4.07. The Morgan fingerprint density at radius 1 is 0.976 bits per heavy atom. The van der Waals surface area contributed by atoms with Gasteiger partial charge >= 0.3 is 5.97 Å². The van der Waals surface area contributed by atoms with E-state index in [-0.39, 0.29) is 11.8 Å². The van der Waals surface area contributed by atoms with Gasteiger partial charge in [0.1, 0.15) is 17.0 Å². The second-order valence-corrected chi connectivity index (χ2v) is 12.4. The first kappa shape index (κ1) is 26.8. The van der Waals surface area contributed by atoms with Crippen molar-refractivity contribution in [2.24, 2.45) is 23.7 Å². The van der Waals surface area contributed by atoms with Gasteiger partial charge in [0.15, 0.2) is 0 Å². The first-order valence-electron chi connectivity index (χ1n) is 14.4. The summed E-state index contributed by atoms with van der Waals surface area (Å²) in [5, 5.41) is 15.1. The van der Waals surface area contributed by atoms with E-state index in [0.717, 1.165) is 36.8 Å². The van der Waals surface area contributed by atoms with Gasteiger partial charge in [-0.3, -0.25) is 9.78 Å².